The molecule has 1 aromatic rings. The fourth-order valence-electron chi connectivity index (χ4n) is 1.88. The Morgan fingerprint density at radius 3 is 2.89 bits per heavy atom. The van der Waals surface area contributed by atoms with Crippen molar-refractivity contribution in [3.8, 4) is 5.75 Å². The Kier molecular flexibility index (Phi) is 2.60. The molecule has 0 spiro atoms. The van der Waals surface area contributed by atoms with Crippen molar-refractivity contribution in [2.24, 2.45) is 0 Å². The predicted octanol–water partition coefficient (Wildman–Crippen LogP) is 1.35. The highest BCUT2D eigenvalue weighted by atomic mass is 32.1. The molecular formula is C13H10N2O2S. The third-order valence-electron chi connectivity index (χ3n) is 2.70. The normalized spacial score (nSPS) is 19.8. The summed E-state index contributed by atoms with van der Waals surface area (Å²) in [7, 11) is 0. The highest BCUT2D eigenvalue weighted by Gasteiger charge is 2.21. The molecule has 1 fully saturated rings. The standard InChI is InChI=1S/C13H10N2O2S/c16-12-10(14-13(18)15-12)6-8-5-9-3-1-2-4-11(9)17-7-8/h1-6H,7H2,(H2,14,15,16,18). The third-order valence-corrected chi connectivity index (χ3v) is 2.91. The SMILES string of the molecule is O=C1NC(=S)NC1=CC1=Cc2ccccc2OC1. The monoisotopic (exact) mass is 258 g/mol. The summed E-state index contributed by atoms with van der Waals surface area (Å²) in [5, 5.41) is 5.67. The van der Waals surface area contributed by atoms with Gasteiger partial charge in [-0.2, -0.15) is 0 Å². The Morgan fingerprint density at radius 1 is 1.28 bits per heavy atom. The van der Waals surface area contributed by atoms with Crippen LogP contribution in [0.5, 0.6) is 5.75 Å². The molecule has 2 heterocycles. The zero-order valence-electron chi connectivity index (χ0n) is 9.40. The van der Waals surface area contributed by atoms with Gasteiger partial charge in [-0.1, -0.05) is 18.2 Å². The second-order valence-corrected chi connectivity index (χ2v) is 4.42. The van der Waals surface area contributed by atoms with E-state index in [4.69, 9.17) is 17.0 Å². The van der Waals surface area contributed by atoms with Gasteiger partial charge in [0, 0.05) is 5.56 Å². The molecule has 3 rings (SSSR count). The molecule has 1 aromatic carbocycles. The van der Waals surface area contributed by atoms with Crippen LogP contribution in [0.15, 0.2) is 41.6 Å². The van der Waals surface area contributed by atoms with Crippen LogP contribution in [0.25, 0.3) is 6.08 Å². The predicted molar refractivity (Wildman–Crippen MR) is 71.9 cm³/mol. The van der Waals surface area contributed by atoms with Crippen molar-refractivity contribution in [2.45, 2.75) is 0 Å². The molecule has 0 aliphatic carbocycles. The number of thiocarbonyl (C=S) groups is 1. The number of amides is 1. The number of benzene rings is 1. The molecule has 5 heteroatoms. The van der Waals surface area contributed by atoms with E-state index in [0.717, 1.165) is 16.9 Å². The molecular weight excluding hydrogens is 248 g/mol. The first-order chi connectivity index (χ1) is 8.72. The van der Waals surface area contributed by atoms with Crippen LogP contribution in [-0.2, 0) is 4.79 Å². The van der Waals surface area contributed by atoms with Crippen molar-refractivity contribution < 1.29 is 9.53 Å². The Bertz CT molecular complexity index is 605. The molecule has 0 atom stereocenters. The van der Waals surface area contributed by atoms with E-state index < -0.39 is 0 Å². The molecule has 1 saturated heterocycles. The molecule has 0 saturated carbocycles. The summed E-state index contributed by atoms with van der Waals surface area (Å²) in [5.74, 6) is 0.652. The van der Waals surface area contributed by atoms with Crippen molar-refractivity contribution >= 4 is 29.3 Å². The lowest BCUT2D eigenvalue weighted by atomic mass is 10.1. The van der Waals surface area contributed by atoms with Crippen LogP contribution in [0.2, 0.25) is 0 Å². The van der Waals surface area contributed by atoms with Gasteiger partial charge in [-0.15, -0.1) is 0 Å². The van der Waals surface area contributed by atoms with E-state index in [-0.39, 0.29) is 5.91 Å². The van der Waals surface area contributed by atoms with Crippen LogP contribution >= 0.6 is 12.2 Å². The molecule has 2 N–H and O–H groups in total. The van der Waals surface area contributed by atoms with E-state index in [1.54, 1.807) is 6.08 Å². The molecule has 1 amide bonds. The lowest BCUT2D eigenvalue weighted by Gasteiger charge is -2.15. The zero-order valence-corrected chi connectivity index (χ0v) is 10.2. The number of hydrogen-bond donors (Lipinski definition) is 2. The Morgan fingerprint density at radius 2 is 2.11 bits per heavy atom. The Labute approximate surface area is 109 Å². The van der Waals surface area contributed by atoms with E-state index in [0.29, 0.717) is 17.4 Å². The van der Waals surface area contributed by atoms with Crippen molar-refractivity contribution in [1.82, 2.24) is 10.6 Å². The van der Waals surface area contributed by atoms with Crippen LogP contribution < -0.4 is 15.4 Å². The number of hydrogen-bond acceptors (Lipinski definition) is 3. The van der Waals surface area contributed by atoms with Crippen LogP contribution in [-0.4, -0.2) is 17.6 Å². The van der Waals surface area contributed by atoms with Crippen LogP contribution in [0, 0.1) is 0 Å². The molecule has 2 aliphatic rings. The number of carbonyl (C=O) groups is 1. The van der Waals surface area contributed by atoms with E-state index in [9.17, 15) is 4.79 Å². The summed E-state index contributed by atoms with van der Waals surface area (Å²) in [6.07, 6.45) is 3.76. The molecule has 4 nitrogen and oxygen atoms in total. The number of rotatable bonds is 1. The van der Waals surface area contributed by atoms with Crippen molar-refractivity contribution in [3.05, 3.63) is 47.2 Å². The summed E-state index contributed by atoms with van der Waals surface area (Å²) >= 11 is 4.87. The Hall–Kier alpha value is -2.14. The topological polar surface area (TPSA) is 50.4 Å². The molecule has 2 aliphatic heterocycles. The van der Waals surface area contributed by atoms with Gasteiger partial charge in [-0.25, -0.2) is 0 Å². The van der Waals surface area contributed by atoms with Crippen molar-refractivity contribution in [1.29, 1.82) is 0 Å². The van der Waals surface area contributed by atoms with Gasteiger partial charge in [0.1, 0.15) is 18.1 Å². The molecule has 0 aromatic heterocycles. The first kappa shape index (κ1) is 11.0. The zero-order chi connectivity index (χ0) is 12.5. The van der Waals surface area contributed by atoms with Gasteiger partial charge in [0.15, 0.2) is 5.11 Å². The number of para-hydroxylation sites is 1. The first-order valence-electron chi connectivity index (χ1n) is 5.49. The number of ether oxygens (including phenoxy) is 1. The van der Waals surface area contributed by atoms with Crippen molar-refractivity contribution in [3.63, 3.8) is 0 Å². The minimum absolute atomic E-state index is 0.209. The quantitative estimate of drug-likeness (QED) is 0.590. The molecule has 90 valence electrons. The second-order valence-electron chi connectivity index (χ2n) is 4.01. The molecule has 0 unspecified atom stereocenters. The fraction of sp³-hybridized carbons (Fsp3) is 0.0769. The van der Waals surface area contributed by atoms with E-state index >= 15 is 0 Å². The van der Waals surface area contributed by atoms with Gasteiger partial charge in [0.25, 0.3) is 5.91 Å². The molecule has 0 bridgehead atoms. The average molecular weight is 258 g/mol. The van der Waals surface area contributed by atoms with Gasteiger partial charge >= 0.3 is 0 Å². The summed E-state index contributed by atoms with van der Waals surface area (Å²) in [5.41, 5.74) is 2.39. The number of carbonyl (C=O) groups excluding carboxylic acids is 1. The molecule has 18 heavy (non-hydrogen) atoms. The number of nitrogens with one attached hydrogen (secondary N) is 2. The summed E-state index contributed by atoms with van der Waals surface area (Å²) < 4.78 is 5.60. The average Bonchev–Trinajstić information content (AvgIpc) is 2.68. The van der Waals surface area contributed by atoms with E-state index in [1.807, 2.05) is 30.3 Å². The van der Waals surface area contributed by atoms with Crippen LogP contribution in [0.1, 0.15) is 5.56 Å². The van der Waals surface area contributed by atoms with Gasteiger partial charge in [-0.3, -0.25) is 10.1 Å². The van der Waals surface area contributed by atoms with Crippen molar-refractivity contribution in [2.75, 3.05) is 6.61 Å². The van der Waals surface area contributed by atoms with E-state index in [1.165, 1.54) is 0 Å². The van der Waals surface area contributed by atoms with Gasteiger partial charge < -0.3 is 10.1 Å². The lowest BCUT2D eigenvalue weighted by Crippen LogP contribution is -2.21. The highest BCUT2D eigenvalue weighted by Crippen LogP contribution is 2.26. The Balaban J connectivity index is 1.92. The van der Waals surface area contributed by atoms with Crippen LogP contribution in [0.3, 0.4) is 0 Å². The smallest absolute Gasteiger partial charge is 0.273 e. The fourth-order valence-corrected chi connectivity index (χ4v) is 2.09. The van der Waals surface area contributed by atoms with Crippen LogP contribution in [0.4, 0.5) is 0 Å². The van der Waals surface area contributed by atoms with Gasteiger partial charge in [0.2, 0.25) is 0 Å². The second kappa shape index (κ2) is 4.27. The minimum Gasteiger partial charge on any atom is -0.488 e. The first-order valence-corrected chi connectivity index (χ1v) is 5.89. The maximum absolute atomic E-state index is 11.5. The van der Waals surface area contributed by atoms with E-state index in [2.05, 4.69) is 10.6 Å². The highest BCUT2D eigenvalue weighted by molar-refractivity contribution is 7.80. The largest absolute Gasteiger partial charge is 0.488 e. The minimum atomic E-state index is -0.209. The summed E-state index contributed by atoms with van der Waals surface area (Å²) in [4.78, 5) is 11.5. The maximum Gasteiger partial charge on any atom is 0.273 e. The lowest BCUT2D eigenvalue weighted by molar-refractivity contribution is -0.115. The summed E-state index contributed by atoms with van der Waals surface area (Å²) in [6.45, 7) is 0.447. The molecule has 0 radical (unpaired) electrons. The van der Waals surface area contributed by atoms with Gasteiger partial charge in [0.05, 0.1) is 0 Å². The van der Waals surface area contributed by atoms with Gasteiger partial charge in [-0.05, 0) is 36.0 Å². The number of fused-ring (bicyclic) bond motifs is 1. The maximum atomic E-state index is 11.5. The summed E-state index contributed by atoms with van der Waals surface area (Å²) in [6, 6.07) is 7.77. The third kappa shape index (κ3) is 2.00.